The minimum atomic E-state index is 0.440. The molecule has 4 aromatic rings. The molecule has 0 N–H and O–H groups in total. The fourth-order valence-corrected chi connectivity index (χ4v) is 2.67. The van der Waals surface area contributed by atoms with Crippen molar-refractivity contribution in [3.63, 3.8) is 0 Å². The molecule has 0 spiro atoms. The Morgan fingerprint density at radius 3 is 2.58 bits per heavy atom. The molecule has 0 aliphatic heterocycles. The topological polar surface area (TPSA) is 74.4 Å². The molecule has 7 nitrogen and oxygen atoms in total. The van der Waals surface area contributed by atoms with E-state index < -0.39 is 0 Å². The van der Waals surface area contributed by atoms with Crippen molar-refractivity contribution in [2.24, 2.45) is 0 Å². The lowest BCUT2D eigenvalue weighted by atomic mass is 10.1. The van der Waals surface area contributed by atoms with Crippen LogP contribution in [0.5, 0.6) is 11.5 Å². The highest BCUT2D eigenvalue weighted by Gasteiger charge is 2.12. The normalized spacial score (nSPS) is 10.8. The lowest BCUT2D eigenvalue weighted by Gasteiger charge is -2.05. The fourth-order valence-electron chi connectivity index (χ4n) is 2.67. The lowest BCUT2D eigenvalue weighted by Crippen LogP contribution is -1.99. The van der Waals surface area contributed by atoms with E-state index in [4.69, 9.17) is 9.47 Å². The molecule has 26 heavy (non-hydrogen) atoms. The monoisotopic (exact) mass is 347 g/mol. The predicted molar refractivity (Wildman–Crippen MR) is 97.2 cm³/mol. The van der Waals surface area contributed by atoms with Crippen LogP contribution in [0.25, 0.3) is 28.4 Å². The van der Waals surface area contributed by atoms with Gasteiger partial charge in [0, 0.05) is 11.1 Å². The summed E-state index contributed by atoms with van der Waals surface area (Å²) in [6, 6.07) is 15.3. The van der Waals surface area contributed by atoms with Crippen LogP contribution in [0.15, 0.2) is 54.7 Å². The quantitative estimate of drug-likeness (QED) is 0.552. The Balaban J connectivity index is 1.72. The van der Waals surface area contributed by atoms with Crippen molar-refractivity contribution in [1.82, 2.24) is 24.8 Å². The Labute approximate surface area is 150 Å². The Morgan fingerprint density at radius 1 is 0.962 bits per heavy atom. The van der Waals surface area contributed by atoms with Crippen LogP contribution < -0.4 is 9.47 Å². The van der Waals surface area contributed by atoms with Gasteiger partial charge in [0.25, 0.3) is 5.78 Å². The summed E-state index contributed by atoms with van der Waals surface area (Å²) in [6.07, 6.45) is 1.70. The minimum Gasteiger partial charge on any atom is -0.497 e. The minimum absolute atomic E-state index is 0.440. The van der Waals surface area contributed by atoms with Gasteiger partial charge in [-0.1, -0.05) is 12.1 Å². The maximum absolute atomic E-state index is 5.55. The molecule has 0 saturated carbocycles. The van der Waals surface area contributed by atoms with E-state index in [9.17, 15) is 0 Å². The molecule has 0 radical (unpaired) electrons. The van der Waals surface area contributed by atoms with Crippen LogP contribution in [0.4, 0.5) is 0 Å². The van der Waals surface area contributed by atoms with Gasteiger partial charge in [-0.3, -0.25) is 0 Å². The Kier molecular flexibility index (Phi) is 4.18. The van der Waals surface area contributed by atoms with Crippen molar-refractivity contribution >= 4 is 5.78 Å². The molecule has 0 amide bonds. The summed E-state index contributed by atoms with van der Waals surface area (Å²) in [4.78, 5) is 4.56. The molecule has 0 aliphatic rings. The molecule has 130 valence electrons. The molecule has 0 aliphatic carbocycles. The molecule has 0 atom stereocenters. The summed E-state index contributed by atoms with van der Waals surface area (Å²) < 4.78 is 12.4. The van der Waals surface area contributed by atoms with E-state index in [2.05, 4.69) is 20.3 Å². The van der Waals surface area contributed by atoms with Gasteiger partial charge in [0.15, 0.2) is 5.82 Å². The van der Waals surface area contributed by atoms with Crippen molar-refractivity contribution < 1.29 is 9.47 Å². The van der Waals surface area contributed by atoms with Gasteiger partial charge in [-0.05, 0) is 43.3 Å². The Morgan fingerprint density at radius 2 is 1.81 bits per heavy atom. The number of methoxy groups -OCH3 is 1. The van der Waals surface area contributed by atoms with Crippen LogP contribution in [0.3, 0.4) is 0 Å². The van der Waals surface area contributed by atoms with Gasteiger partial charge in [0.05, 0.1) is 25.6 Å². The highest BCUT2D eigenvalue weighted by molar-refractivity contribution is 5.63. The van der Waals surface area contributed by atoms with E-state index in [1.165, 1.54) is 0 Å². The summed E-state index contributed by atoms with van der Waals surface area (Å²) >= 11 is 0. The highest BCUT2D eigenvalue weighted by Crippen LogP contribution is 2.24. The van der Waals surface area contributed by atoms with Gasteiger partial charge < -0.3 is 9.47 Å². The summed E-state index contributed by atoms with van der Waals surface area (Å²) in [5, 5.41) is 12.9. The van der Waals surface area contributed by atoms with Crippen LogP contribution in [0, 0.1) is 0 Å². The van der Waals surface area contributed by atoms with Crippen LogP contribution >= 0.6 is 0 Å². The smallest absolute Gasteiger partial charge is 0.272 e. The van der Waals surface area contributed by atoms with Gasteiger partial charge in [-0.25, -0.2) is 4.98 Å². The summed E-state index contributed by atoms with van der Waals surface area (Å²) in [5.41, 5.74) is 2.53. The first-order chi connectivity index (χ1) is 12.8. The number of benzene rings is 2. The van der Waals surface area contributed by atoms with Crippen molar-refractivity contribution in [3.05, 3.63) is 54.7 Å². The Bertz CT molecular complexity index is 1040. The van der Waals surface area contributed by atoms with Gasteiger partial charge in [0.1, 0.15) is 11.5 Å². The third-order valence-corrected chi connectivity index (χ3v) is 3.93. The zero-order valence-corrected chi connectivity index (χ0v) is 14.5. The second-order valence-corrected chi connectivity index (χ2v) is 5.57. The molecule has 2 aromatic carbocycles. The van der Waals surface area contributed by atoms with Gasteiger partial charge in [-0.15, -0.1) is 10.2 Å². The maximum Gasteiger partial charge on any atom is 0.272 e. The largest absolute Gasteiger partial charge is 0.497 e. The predicted octanol–water partition coefficient (Wildman–Crippen LogP) is 3.26. The number of fused-ring (bicyclic) bond motifs is 1. The first-order valence-corrected chi connectivity index (χ1v) is 8.24. The average Bonchev–Trinajstić information content (AvgIpc) is 3.12. The van der Waals surface area contributed by atoms with Crippen LogP contribution in [-0.4, -0.2) is 38.5 Å². The molecule has 0 bridgehead atoms. The summed E-state index contributed by atoms with van der Waals surface area (Å²) in [6.45, 7) is 2.56. The Hall–Kier alpha value is -3.48. The SMILES string of the molecule is CCOc1cccc(-c2nnc3nc(-c4ccc(OC)cc4)cnn23)c1. The number of hydrogen-bond acceptors (Lipinski definition) is 6. The number of aromatic nitrogens is 5. The zero-order chi connectivity index (χ0) is 17.9. The van der Waals surface area contributed by atoms with Crippen molar-refractivity contribution in [3.8, 4) is 34.1 Å². The second kappa shape index (κ2) is 6.79. The summed E-state index contributed by atoms with van der Waals surface area (Å²) in [7, 11) is 1.64. The number of ether oxygens (including phenoxy) is 2. The number of nitrogens with zero attached hydrogens (tertiary/aromatic N) is 5. The van der Waals surface area contributed by atoms with E-state index in [-0.39, 0.29) is 0 Å². The zero-order valence-electron chi connectivity index (χ0n) is 14.5. The van der Waals surface area contributed by atoms with Crippen molar-refractivity contribution in [2.45, 2.75) is 6.92 Å². The highest BCUT2D eigenvalue weighted by atomic mass is 16.5. The lowest BCUT2D eigenvalue weighted by molar-refractivity contribution is 0.340. The van der Waals surface area contributed by atoms with Gasteiger partial charge >= 0.3 is 0 Å². The van der Waals surface area contributed by atoms with Crippen molar-refractivity contribution in [1.29, 1.82) is 0 Å². The van der Waals surface area contributed by atoms with E-state index in [0.29, 0.717) is 18.2 Å². The van der Waals surface area contributed by atoms with E-state index in [0.717, 1.165) is 28.3 Å². The van der Waals surface area contributed by atoms with Crippen LogP contribution in [0.1, 0.15) is 6.92 Å². The molecule has 4 rings (SSSR count). The number of hydrogen-bond donors (Lipinski definition) is 0. The molecule has 2 heterocycles. The van der Waals surface area contributed by atoms with Gasteiger partial charge in [-0.2, -0.15) is 9.61 Å². The maximum atomic E-state index is 5.55. The molecule has 7 heteroatoms. The molecule has 2 aromatic heterocycles. The number of rotatable bonds is 5. The standard InChI is InChI=1S/C19H17N5O2/c1-3-26-16-6-4-5-14(11-16)18-22-23-19-21-17(12-20-24(18)19)13-7-9-15(25-2)10-8-13/h4-12H,3H2,1-2H3. The first-order valence-electron chi connectivity index (χ1n) is 8.24. The molecule has 0 fully saturated rings. The third kappa shape index (κ3) is 2.95. The van der Waals surface area contributed by atoms with Crippen LogP contribution in [-0.2, 0) is 0 Å². The molecular formula is C19H17N5O2. The third-order valence-electron chi connectivity index (χ3n) is 3.93. The van der Waals surface area contributed by atoms with Crippen molar-refractivity contribution in [2.75, 3.05) is 13.7 Å². The summed E-state index contributed by atoms with van der Waals surface area (Å²) in [5.74, 6) is 2.64. The van der Waals surface area contributed by atoms with Gasteiger partial charge in [0.2, 0.25) is 0 Å². The van der Waals surface area contributed by atoms with Crippen LogP contribution in [0.2, 0.25) is 0 Å². The first kappa shape index (κ1) is 16.0. The fraction of sp³-hybridized carbons (Fsp3) is 0.158. The average molecular weight is 347 g/mol. The molecular weight excluding hydrogens is 330 g/mol. The molecule has 0 unspecified atom stereocenters. The van der Waals surface area contributed by atoms with E-state index in [1.54, 1.807) is 17.8 Å². The molecule has 0 saturated heterocycles. The second-order valence-electron chi connectivity index (χ2n) is 5.57. The van der Waals surface area contributed by atoms with E-state index in [1.807, 2.05) is 55.5 Å². The van der Waals surface area contributed by atoms with E-state index >= 15 is 0 Å².